The van der Waals surface area contributed by atoms with Crippen molar-refractivity contribution < 1.29 is 32.3 Å². The van der Waals surface area contributed by atoms with Crippen molar-refractivity contribution in [3.63, 3.8) is 0 Å². The van der Waals surface area contributed by atoms with Gasteiger partial charge >= 0.3 is 12.1 Å². The number of rotatable bonds is 2. The molecular weight excluding hydrogens is 356 g/mol. The Balaban J connectivity index is 0.000000351. The number of aliphatic carboxylic acids is 1. The molecule has 0 aromatic heterocycles. The number of amides is 1. The van der Waals surface area contributed by atoms with Gasteiger partial charge in [0.1, 0.15) is 5.82 Å². The van der Waals surface area contributed by atoms with Crippen LogP contribution in [0.15, 0.2) is 18.2 Å². The molecule has 1 saturated heterocycles. The molecule has 0 saturated carbocycles. The molecule has 24 heavy (non-hydrogen) atoms. The molecule has 0 radical (unpaired) electrons. The van der Waals surface area contributed by atoms with Crippen LogP contribution in [0.2, 0.25) is 5.02 Å². The maximum atomic E-state index is 12.9. The van der Waals surface area contributed by atoms with Crippen LogP contribution >= 0.6 is 11.6 Å². The summed E-state index contributed by atoms with van der Waals surface area (Å²) < 4.78 is 44.7. The Kier molecular flexibility index (Phi) is 7.43. The predicted octanol–water partition coefficient (Wildman–Crippen LogP) is 3.05. The van der Waals surface area contributed by atoms with Crippen LogP contribution in [0.1, 0.15) is 12.8 Å². The Hall–Kier alpha value is -1.87. The lowest BCUT2D eigenvalue weighted by Crippen LogP contribution is -2.37. The third-order valence-electron chi connectivity index (χ3n) is 3.10. The van der Waals surface area contributed by atoms with E-state index in [4.69, 9.17) is 21.5 Å². The first-order valence-corrected chi connectivity index (χ1v) is 7.26. The van der Waals surface area contributed by atoms with E-state index in [-0.39, 0.29) is 16.8 Å². The first-order chi connectivity index (χ1) is 11.1. The van der Waals surface area contributed by atoms with E-state index in [0.29, 0.717) is 12.2 Å². The van der Waals surface area contributed by atoms with Crippen LogP contribution in [0.3, 0.4) is 0 Å². The number of piperidine rings is 1. The standard InChI is InChI=1S/C12H14ClFN2O.C2HF3O2/c13-10-6-9(3-4-11(10)14)16-12(17)8-2-1-5-15-7-8;3-2(4,5)1(6)7/h3-4,6,8,15H,1-2,5,7H2,(H,16,17);(H,6,7). The van der Waals surface area contributed by atoms with E-state index >= 15 is 0 Å². The minimum absolute atomic E-state index is 0.0181. The normalized spacial score (nSPS) is 17.5. The van der Waals surface area contributed by atoms with Gasteiger partial charge in [-0.3, -0.25) is 4.79 Å². The zero-order valence-corrected chi connectivity index (χ0v) is 13.0. The lowest BCUT2D eigenvalue weighted by Gasteiger charge is -2.21. The van der Waals surface area contributed by atoms with Gasteiger partial charge < -0.3 is 15.7 Å². The molecule has 1 atom stereocenters. The first-order valence-electron chi connectivity index (χ1n) is 6.88. The van der Waals surface area contributed by atoms with Gasteiger partial charge in [0.05, 0.1) is 10.9 Å². The number of carboxylic acid groups (broad SMARTS) is 1. The molecule has 1 aromatic rings. The number of carbonyl (C=O) groups excluding carboxylic acids is 1. The second-order valence-corrected chi connectivity index (χ2v) is 5.37. The van der Waals surface area contributed by atoms with Crippen LogP contribution in [-0.2, 0) is 9.59 Å². The number of anilines is 1. The van der Waals surface area contributed by atoms with Gasteiger partial charge in [-0.15, -0.1) is 0 Å². The minimum atomic E-state index is -5.08. The van der Waals surface area contributed by atoms with E-state index in [1.54, 1.807) is 0 Å². The van der Waals surface area contributed by atoms with Gasteiger partial charge in [-0.2, -0.15) is 13.2 Å². The molecule has 1 fully saturated rings. The summed E-state index contributed by atoms with van der Waals surface area (Å²) >= 11 is 5.64. The second kappa shape index (κ2) is 8.84. The van der Waals surface area contributed by atoms with E-state index in [0.717, 1.165) is 19.4 Å². The molecule has 1 aliphatic heterocycles. The third-order valence-corrected chi connectivity index (χ3v) is 3.39. The Morgan fingerprint density at radius 1 is 1.33 bits per heavy atom. The highest BCUT2D eigenvalue weighted by atomic mass is 35.5. The smallest absolute Gasteiger partial charge is 0.475 e. The average molecular weight is 371 g/mol. The molecule has 1 unspecified atom stereocenters. The number of hydrogen-bond acceptors (Lipinski definition) is 3. The monoisotopic (exact) mass is 370 g/mol. The molecule has 3 N–H and O–H groups in total. The van der Waals surface area contributed by atoms with Gasteiger partial charge in [0, 0.05) is 12.2 Å². The topological polar surface area (TPSA) is 78.4 Å². The summed E-state index contributed by atoms with van der Waals surface area (Å²) in [5.41, 5.74) is 0.534. The van der Waals surface area contributed by atoms with Crippen LogP contribution < -0.4 is 10.6 Å². The lowest BCUT2D eigenvalue weighted by molar-refractivity contribution is -0.192. The SMILES string of the molecule is O=C(Nc1ccc(F)c(Cl)c1)C1CCCNC1.O=C(O)C(F)(F)F. The highest BCUT2D eigenvalue weighted by Crippen LogP contribution is 2.20. The number of nitrogens with one attached hydrogen (secondary N) is 2. The van der Waals surface area contributed by atoms with Crippen LogP contribution in [0.4, 0.5) is 23.2 Å². The largest absolute Gasteiger partial charge is 0.490 e. The zero-order chi connectivity index (χ0) is 18.3. The lowest BCUT2D eigenvalue weighted by atomic mass is 9.99. The molecule has 1 aromatic carbocycles. The third kappa shape index (κ3) is 6.71. The van der Waals surface area contributed by atoms with Gasteiger partial charge in [0.15, 0.2) is 0 Å². The summed E-state index contributed by atoms with van der Waals surface area (Å²) in [6.45, 7) is 1.66. The fourth-order valence-corrected chi connectivity index (χ4v) is 2.07. The van der Waals surface area contributed by atoms with Gasteiger partial charge in [-0.05, 0) is 37.6 Å². The van der Waals surface area contributed by atoms with E-state index < -0.39 is 18.0 Å². The maximum absolute atomic E-state index is 12.9. The second-order valence-electron chi connectivity index (χ2n) is 4.96. The molecule has 0 bridgehead atoms. The van der Waals surface area contributed by atoms with Crippen molar-refractivity contribution in [1.82, 2.24) is 5.32 Å². The summed E-state index contributed by atoms with van der Waals surface area (Å²) in [6.07, 6.45) is -3.20. The molecule has 10 heteroatoms. The number of halogens is 5. The molecule has 134 valence electrons. The van der Waals surface area contributed by atoms with Crippen molar-refractivity contribution in [3.05, 3.63) is 29.0 Å². The Labute approximate surface area is 140 Å². The van der Waals surface area contributed by atoms with Gasteiger partial charge in [-0.1, -0.05) is 11.6 Å². The van der Waals surface area contributed by atoms with Gasteiger partial charge in [0.2, 0.25) is 5.91 Å². The van der Waals surface area contributed by atoms with Crippen molar-refractivity contribution in [2.24, 2.45) is 5.92 Å². The van der Waals surface area contributed by atoms with Crippen molar-refractivity contribution in [3.8, 4) is 0 Å². The molecule has 0 aliphatic carbocycles. The number of hydrogen-bond donors (Lipinski definition) is 3. The van der Waals surface area contributed by atoms with E-state index in [2.05, 4.69) is 10.6 Å². The summed E-state index contributed by atoms with van der Waals surface area (Å²) in [5.74, 6) is -3.30. The van der Waals surface area contributed by atoms with Crippen LogP contribution in [0.25, 0.3) is 0 Å². The number of alkyl halides is 3. The van der Waals surface area contributed by atoms with E-state index in [1.807, 2.05) is 0 Å². The van der Waals surface area contributed by atoms with Gasteiger partial charge in [0.25, 0.3) is 0 Å². The molecule has 0 spiro atoms. The minimum Gasteiger partial charge on any atom is -0.475 e. The van der Waals surface area contributed by atoms with E-state index in [9.17, 15) is 22.4 Å². The fraction of sp³-hybridized carbons (Fsp3) is 0.429. The van der Waals surface area contributed by atoms with Crippen molar-refractivity contribution in [2.75, 3.05) is 18.4 Å². The molecule has 1 amide bonds. The summed E-state index contributed by atoms with van der Waals surface area (Å²) in [5, 5.41) is 13.1. The molecule has 1 heterocycles. The molecular formula is C14H15ClF4N2O3. The number of carbonyl (C=O) groups is 2. The highest BCUT2D eigenvalue weighted by molar-refractivity contribution is 6.31. The fourth-order valence-electron chi connectivity index (χ4n) is 1.89. The number of carboxylic acids is 1. The van der Waals surface area contributed by atoms with Crippen LogP contribution in [0.5, 0.6) is 0 Å². The quantitative estimate of drug-likeness (QED) is 0.699. The van der Waals surface area contributed by atoms with Crippen LogP contribution in [-0.4, -0.2) is 36.2 Å². The predicted molar refractivity (Wildman–Crippen MR) is 79.3 cm³/mol. The Morgan fingerprint density at radius 2 is 1.96 bits per heavy atom. The summed E-state index contributed by atoms with van der Waals surface area (Å²) in [4.78, 5) is 20.8. The van der Waals surface area contributed by atoms with Crippen molar-refractivity contribution in [2.45, 2.75) is 19.0 Å². The summed E-state index contributed by atoms with van der Waals surface area (Å²) in [6, 6.07) is 4.18. The first kappa shape index (κ1) is 20.2. The summed E-state index contributed by atoms with van der Waals surface area (Å²) in [7, 11) is 0. The maximum Gasteiger partial charge on any atom is 0.490 e. The van der Waals surface area contributed by atoms with E-state index in [1.165, 1.54) is 18.2 Å². The van der Waals surface area contributed by atoms with Crippen molar-refractivity contribution >= 4 is 29.2 Å². The molecule has 1 aliphatic rings. The average Bonchev–Trinajstić information content (AvgIpc) is 2.51. The van der Waals surface area contributed by atoms with Crippen molar-refractivity contribution in [1.29, 1.82) is 0 Å². The molecule has 2 rings (SSSR count). The van der Waals surface area contributed by atoms with Gasteiger partial charge in [-0.25, -0.2) is 9.18 Å². The number of benzene rings is 1. The zero-order valence-electron chi connectivity index (χ0n) is 12.3. The Bertz CT molecular complexity index is 590. The Morgan fingerprint density at radius 3 is 2.42 bits per heavy atom. The highest BCUT2D eigenvalue weighted by Gasteiger charge is 2.38. The van der Waals surface area contributed by atoms with Crippen LogP contribution in [0, 0.1) is 11.7 Å². The molecule has 5 nitrogen and oxygen atoms in total.